The molecule has 0 saturated heterocycles. The van der Waals surface area contributed by atoms with Crippen LogP contribution >= 0.6 is 0 Å². The van der Waals surface area contributed by atoms with E-state index in [-0.39, 0.29) is 5.69 Å². The average molecular weight is 308 g/mol. The summed E-state index contributed by atoms with van der Waals surface area (Å²) in [7, 11) is 0. The Bertz CT molecular complexity index is 1050. The Morgan fingerprint density at radius 2 is 2.22 bits per heavy atom. The number of rotatable bonds is 3. The van der Waals surface area contributed by atoms with Crippen LogP contribution in [0.25, 0.3) is 16.7 Å². The number of aromatic nitrogens is 6. The van der Waals surface area contributed by atoms with Crippen LogP contribution in [0, 0.1) is 6.92 Å². The topological polar surface area (TPSA) is 127 Å². The van der Waals surface area contributed by atoms with Gasteiger partial charge in [0.2, 0.25) is 0 Å². The molecular weight excluding hydrogens is 296 g/mol. The second-order valence-electron chi connectivity index (χ2n) is 5.08. The summed E-state index contributed by atoms with van der Waals surface area (Å²) in [5.41, 5.74) is 7.86. The van der Waals surface area contributed by atoms with Crippen LogP contribution in [0.3, 0.4) is 0 Å². The van der Waals surface area contributed by atoms with Crippen molar-refractivity contribution in [2.75, 3.05) is 5.32 Å². The van der Waals surface area contributed by atoms with Crippen molar-refractivity contribution in [3.05, 3.63) is 42.0 Å². The van der Waals surface area contributed by atoms with Crippen molar-refractivity contribution in [3.63, 3.8) is 0 Å². The summed E-state index contributed by atoms with van der Waals surface area (Å²) in [6, 6.07) is 7.35. The number of H-pyrrole nitrogens is 1. The summed E-state index contributed by atoms with van der Waals surface area (Å²) in [6.45, 7) is 1.88. The summed E-state index contributed by atoms with van der Waals surface area (Å²) >= 11 is 0. The van der Waals surface area contributed by atoms with E-state index < -0.39 is 5.91 Å². The minimum atomic E-state index is -0.577. The molecule has 0 spiro atoms. The molecule has 1 aromatic carbocycles. The number of hydrogen-bond donors (Lipinski definition) is 3. The molecule has 114 valence electrons. The summed E-state index contributed by atoms with van der Waals surface area (Å²) in [6.07, 6.45) is 1.44. The lowest BCUT2D eigenvalue weighted by molar-refractivity contribution is 0.0997. The molecule has 0 bridgehead atoms. The number of primary amides is 1. The number of nitrogens with zero attached hydrogens (tertiary/aromatic N) is 5. The number of fused-ring (bicyclic) bond motifs is 2. The first-order valence-electron chi connectivity index (χ1n) is 6.84. The molecule has 0 aliphatic rings. The third kappa shape index (κ3) is 2.14. The van der Waals surface area contributed by atoms with Gasteiger partial charge in [-0.2, -0.15) is 19.7 Å². The molecular formula is C14H12N8O. The minimum Gasteiger partial charge on any atom is -0.364 e. The van der Waals surface area contributed by atoms with Gasteiger partial charge in [0.15, 0.2) is 5.69 Å². The number of hydrogen-bond acceptors (Lipinski definition) is 6. The molecule has 0 fully saturated rings. The lowest BCUT2D eigenvalue weighted by Gasteiger charge is -2.08. The van der Waals surface area contributed by atoms with Crippen LogP contribution in [0.15, 0.2) is 30.6 Å². The molecule has 0 atom stereocenters. The summed E-state index contributed by atoms with van der Waals surface area (Å²) < 4.78 is 1.60. The van der Waals surface area contributed by atoms with E-state index in [1.165, 1.54) is 6.33 Å². The van der Waals surface area contributed by atoms with Gasteiger partial charge in [0, 0.05) is 22.8 Å². The molecule has 0 unspecified atom stereocenters. The van der Waals surface area contributed by atoms with Crippen molar-refractivity contribution in [1.82, 2.24) is 29.8 Å². The zero-order valence-electron chi connectivity index (χ0n) is 12.1. The highest BCUT2D eigenvalue weighted by Crippen LogP contribution is 2.23. The van der Waals surface area contributed by atoms with E-state index in [0.29, 0.717) is 17.0 Å². The third-order valence-corrected chi connectivity index (χ3v) is 3.45. The number of carbonyl (C=O) groups is 1. The van der Waals surface area contributed by atoms with Crippen LogP contribution in [0.4, 0.5) is 11.5 Å². The van der Waals surface area contributed by atoms with Crippen LogP contribution in [0.1, 0.15) is 16.2 Å². The van der Waals surface area contributed by atoms with Gasteiger partial charge in [0.25, 0.3) is 11.7 Å². The maximum atomic E-state index is 11.4. The first kappa shape index (κ1) is 13.2. The van der Waals surface area contributed by atoms with Crippen molar-refractivity contribution >= 4 is 34.1 Å². The van der Waals surface area contributed by atoms with Crippen molar-refractivity contribution in [2.45, 2.75) is 6.92 Å². The number of nitrogens with two attached hydrogens (primary N) is 1. The molecule has 0 saturated carbocycles. The zero-order chi connectivity index (χ0) is 16.0. The fourth-order valence-corrected chi connectivity index (χ4v) is 2.45. The predicted octanol–water partition coefficient (Wildman–Crippen LogP) is 1.15. The quantitative estimate of drug-likeness (QED) is 0.521. The van der Waals surface area contributed by atoms with Gasteiger partial charge in [-0.1, -0.05) is 0 Å². The van der Waals surface area contributed by atoms with E-state index in [0.717, 1.165) is 16.9 Å². The third-order valence-electron chi connectivity index (χ3n) is 3.45. The van der Waals surface area contributed by atoms with E-state index in [2.05, 4.69) is 30.6 Å². The Morgan fingerprint density at radius 1 is 1.35 bits per heavy atom. The summed E-state index contributed by atoms with van der Waals surface area (Å²) in [5, 5.41) is 14.8. The predicted molar refractivity (Wildman–Crippen MR) is 83.4 cm³/mol. The van der Waals surface area contributed by atoms with Crippen LogP contribution in [-0.4, -0.2) is 35.7 Å². The lowest BCUT2D eigenvalue weighted by Crippen LogP contribution is -2.11. The molecule has 3 aromatic heterocycles. The van der Waals surface area contributed by atoms with Gasteiger partial charge in [-0.05, 0) is 25.1 Å². The SMILES string of the molecule is Cc1cc(Nc2ccc3[nH]nc(C(N)=O)c3c2)n2ncnc2n1. The molecule has 9 nitrogen and oxygen atoms in total. The number of carbonyl (C=O) groups excluding carboxylic acids is 1. The van der Waals surface area contributed by atoms with Gasteiger partial charge in [-0.15, -0.1) is 0 Å². The van der Waals surface area contributed by atoms with E-state index in [1.807, 2.05) is 25.1 Å². The van der Waals surface area contributed by atoms with Gasteiger partial charge in [0.1, 0.15) is 12.1 Å². The number of benzene rings is 1. The second-order valence-corrected chi connectivity index (χ2v) is 5.08. The highest BCUT2D eigenvalue weighted by Gasteiger charge is 2.12. The standard InChI is InChI=1S/C14H12N8O/c1-7-4-11(22-14(18-7)16-6-17-22)19-8-2-3-10-9(5-8)12(13(15)23)21-20-10/h2-6,19H,1H3,(H2,15,23)(H,20,21). The summed E-state index contributed by atoms with van der Waals surface area (Å²) in [4.78, 5) is 19.8. The van der Waals surface area contributed by atoms with Crippen molar-refractivity contribution in [3.8, 4) is 0 Å². The molecule has 9 heteroatoms. The highest BCUT2D eigenvalue weighted by molar-refractivity contribution is 6.04. The van der Waals surface area contributed by atoms with E-state index in [9.17, 15) is 4.79 Å². The monoisotopic (exact) mass is 308 g/mol. The normalized spacial score (nSPS) is 11.2. The molecule has 4 N–H and O–H groups in total. The first-order chi connectivity index (χ1) is 11.1. The lowest BCUT2D eigenvalue weighted by atomic mass is 10.2. The van der Waals surface area contributed by atoms with Gasteiger partial charge < -0.3 is 11.1 Å². The minimum absolute atomic E-state index is 0.209. The first-order valence-corrected chi connectivity index (χ1v) is 6.84. The molecule has 23 heavy (non-hydrogen) atoms. The highest BCUT2D eigenvalue weighted by atomic mass is 16.1. The smallest absolute Gasteiger partial charge is 0.269 e. The number of aryl methyl sites for hydroxylation is 1. The molecule has 0 radical (unpaired) electrons. The Kier molecular flexibility index (Phi) is 2.73. The Labute approximate surface area is 129 Å². The fraction of sp³-hybridized carbons (Fsp3) is 0.0714. The fourth-order valence-electron chi connectivity index (χ4n) is 2.45. The van der Waals surface area contributed by atoms with E-state index in [1.54, 1.807) is 10.6 Å². The van der Waals surface area contributed by atoms with Gasteiger partial charge >= 0.3 is 0 Å². The molecule has 3 heterocycles. The molecule has 4 aromatic rings. The number of anilines is 2. The van der Waals surface area contributed by atoms with Gasteiger partial charge in [0.05, 0.1) is 5.52 Å². The zero-order valence-corrected chi connectivity index (χ0v) is 12.1. The molecule has 4 rings (SSSR count). The Morgan fingerprint density at radius 3 is 3.04 bits per heavy atom. The molecule has 1 amide bonds. The average Bonchev–Trinajstić information content (AvgIpc) is 3.12. The Balaban J connectivity index is 1.81. The number of nitrogens with one attached hydrogen (secondary N) is 2. The molecule has 0 aliphatic carbocycles. The van der Waals surface area contributed by atoms with Crippen LogP contribution in [0.2, 0.25) is 0 Å². The molecule has 0 aliphatic heterocycles. The van der Waals surface area contributed by atoms with Gasteiger partial charge in [-0.3, -0.25) is 9.89 Å². The second kappa shape index (κ2) is 4.77. The van der Waals surface area contributed by atoms with E-state index in [4.69, 9.17) is 5.73 Å². The van der Waals surface area contributed by atoms with Crippen molar-refractivity contribution in [2.24, 2.45) is 5.73 Å². The number of amides is 1. The van der Waals surface area contributed by atoms with Crippen LogP contribution in [-0.2, 0) is 0 Å². The Hall–Kier alpha value is -3.49. The number of aromatic amines is 1. The maximum Gasteiger partial charge on any atom is 0.269 e. The maximum absolute atomic E-state index is 11.4. The van der Waals surface area contributed by atoms with E-state index >= 15 is 0 Å². The van der Waals surface area contributed by atoms with Crippen molar-refractivity contribution < 1.29 is 4.79 Å². The van der Waals surface area contributed by atoms with Crippen LogP contribution < -0.4 is 11.1 Å². The van der Waals surface area contributed by atoms with Gasteiger partial charge in [-0.25, -0.2) is 4.98 Å². The van der Waals surface area contributed by atoms with Crippen molar-refractivity contribution in [1.29, 1.82) is 0 Å². The van der Waals surface area contributed by atoms with Crippen LogP contribution in [0.5, 0.6) is 0 Å². The summed E-state index contributed by atoms with van der Waals surface area (Å²) in [5.74, 6) is 0.648. The largest absolute Gasteiger partial charge is 0.364 e.